The van der Waals surface area contributed by atoms with E-state index in [9.17, 15) is 0 Å². The summed E-state index contributed by atoms with van der Waals surface area (Å²) in [5.41, 5.74) is 0. The molecule has 0 aromatic rings. The van der Waals surface area contributed by atoms with Crippen LogP contribution in [0.5, 0.6) is 0 Å². The number of hydrogen-bond donors (Lipinski definition) is 0. The van der Waals surface area contributed by atoms with Gasteiger partial charge in [-0.2, -0.15) is 0 Å². The van der Waals surface area contributed by atoms with Crippen molar-refractivity contribution in [3.05, 3.63) is 0 Å². The average molecular weight is 411 g/mol. The summed E-state index contributed by atoms with van der Waals surface area (Å²) in [5, 5.41) is 0. The molecule has 0 bridgehead atoms. The second-order valence-corrected chi connectivity index (χ2v) is 12.3. The molecule has 21 heavy (non-hydrogen) atoms. The second-order valence-electron chi connectivity index (χ2n) is 5.43. The van der Waals surface area contributed by atoms with Crippen LogP contribution >= 0.6 is 0 Å². The molecule has 0 saturated heterocycles. The van der Waals surface area contributed by atoms with Crippen LogP contribution in [0.25, 0.3) is 0 Å². The van der Waals surface area contributed by atoms with Gasteiger partial charge >= 0.3 is 138 Å². The van der Waals surface area contributed by atoms with Crippen molar-refractivity contribution in [3.63, 3.8) is 0 Å². The number of rotatable bonds is 16. The monoisotopic (exact) mass is 412 g/mol. The normalized spacial score (nSPS) is 12.0. The van der Waals surface area contributed by atoms with Crippen LogP contribution in [0.15, 0.2) is 0 Å². The first-order chi connectivity index (χ1) is 10.2. The van der Waals surface area contributed by atoms with E-state index in [1.54, 1.807) is 14.2 Å². The van der Waals surface area contributed by atoms with E-state index in [-0.39, 0.29) is 0 Å². The van der Waals surface area contributed by atoms with E-state index >= 15 is 0 Å². The topological polar surface area (TPSA) is 36.9 Å². The predicted octanol–water partition coefficient (Wildman–Crippen LogP) is 4.69. The van der Waals surface area contributed by atoms with Crippen LogP contribution in [0.3, 0.4) is 0 Å². The van der Waals surface area contributed by atoms with Gasteiger partial charge in [0, 0.05) is 0 Å². The molecule has 0 radical (unpaired) electrons. The summed E-state index contributed by atoms with van der Waals surface area (Å²) >= 11 is -3.68. The van der Waals surface area contributed by atoms with Crippen molar-refractivity contribution in [2.75, 3.05) is 27.4 Å². The maximum atomic E-state index is 5.88. The molecule has 0 N–H and O–H groups in total. The molecule has 0 aliphatic rings. The van der Waals surface area contributed by atoms with Crippen LogP contribution in [0.2, 0.25) is 0 Å². The van der Waals surface area contributed by atoms with Gasteiger partial charge in [0.25, 0.3) is 0 Å². The minimum absolute atomic E-state index is 0.692. The quantitative estimate of drug-likeness (QED) is 0.273. The molecule has 128 valence electrons. The van der Waals surface area contributed by atoms with E-state index in [1.807, 2.05) is 0 Å². The maximum absolute atomic E-state index is 5.88. The third-order valence-corrected chi connectivity index (χ3v) is 9.59. The fourth-order valence-corrected chi connectivity index (χ4v) is 6.48. The van der Waals surface area contributed by atoms with Crippen molar-refractivity contribution in [1.82, 2.24) is 0 Å². The Labute approximate surface area is 137 Å². The first-order valence-electron chi connectivity index (χ1n) is 8.62. The van der Waals surface area contributed by atoms with Crippen molar-refractivity contribution >= 4 is 20.0 Å². The molecule has 0 atom stereocenters. The van der Waals surface area contributed by atoms with E-state index in [0.717, 1.165) is 12.8 Å². The van der Waals surface area contributed by atoms with Gasteiger partial charge in [-0.15, -0.1) is 0 Å². The number of unbranched alkanes of at least 4 members (excludes halogenated alkanes) is 8. The fraction of sp³-hybridized carbons (Fsp3) is 1.00. The molecular formula is C16H36O4Sn. The van der Waals surface area contributed by atoms with Gasteiger partial charge in [-0.1, -0.05) is 0 Å². The Balaban J connectivity index is 3.78. The van der Waals surface area contributed by atoms with Crippen LogP contribution < -0.4 is 0 Å². The molecule has 0 amide bonds. The van der Waals surface area contributed by atoms with E-state index in [4.69, 9.17) is 12.3 Å². The predicted molar refractivity (Wildman–Crippen MR) is 89.2 cm³/mol. The Morgan fingerprint density at radius 2 is 0.952 bits per heavy atom. The molecule has 0 saturated carbocycles. The Morgan fingerprint density at radius 3 is 1.29 bits per heavy atom. The molecule has 0 unspecified atom stereocenters. The first kappa shape index (κ1) is 21.6. The molecule has 0 rings (SSSR count). The van der Waals surface area contributed by atoms with Crippen LogP contribution in [0.4, 0.5) is 0 Å². The molecule has 5 heteroatoms. The van der Waals surface area contributed by atoms with Gasteiger partial charge in [0.15, 0.2) is 0 Å². The van der Waals surface area contributed by atoms with Crippen LogP contribution in [-0.2, 0) is 12.3 Å². The van der Waals surface area contributed by atoms with Gasteiger partial charge in [-0.05, 0) is 0 Å². The van der Waals surface area contributed by atoms with Gasteiger partial charge in [-0.3, -0.25) is 0 Å². The van der Waals surface area contributed by atoms with Crippen molar-refractivity contribution < 1.29 is 12.3 Å². The summed E-state index contributed by atoms with van der Waals surface area (Å²) in [7, 11) is 3.29. The Bertz CT molecular complexity index is 192. The third kappa shape index (κ3) is 11.8. The van der Waals surface area contributed by atoms with Gasteiger partial charge in [0.2, 0.25) is 0 Å². The molecule has 4 nitrogen and oxygen atoms in total. The van der Waals surface area contributed by atoms with E-state index in [0.29, 0.717) is 13.2 Å². The van der Waals surface area contributed by atoms with Crippen LogP contribution in [-0.4, -0.2) is 47.5 Å². The van der Waals surface area contributed by atoms with Crippen LogP contribution in [0, 0.1) is 0 Å². The Hall–Kier alpha value is 0.639. The van der Waals surface area contributed by atoms with Crippen molar-refractivity contribution in [1.29, 1.82) is 0 Å². The third-order valence-electron chi connectivity index (χ3n) is 3.55. The molecule has 0 fully saturated rings. The molecule has 0 aliphatic carbocycles. The van der Waals surface area contributed by atoms with Gasteiger partial charge in [-0.25, -0.2) is 0 Å². The number of hydrogen-bond acceptors (Lipinski definition) is 4. The summed E-state index contributed by atoms with van der Waals surface area (Å²) in [4.78, 5) is 0. The average Bonchev–Trinajstić information content (AvgIpc) is 2.52. The summed E-state index contributed by atoms with van der Waals surface area (Å²) in [5.74, 6) is 0. The summed E-state index contributed by atoms with van der Waals surface area (Å²) in [6.07, 6.45) is 12.2. The standard InChI is InChI=1S/2C7H15O.2CH3O.Sn/c2*1-2-3-4-5-6-7-8;2*1-2;/h2*2-7H2,1H3;2*1H3;/q4*-1;+4. The minimum atomic E-state index is -3.68. The second kappa shape index (κ2) is 15.5. The molecule has 0 spiro atoms. The fourth-order valence-electron chi connectivity index (χ4n) is 2.17. The molecule has 0 aromatic carbocycles. The van der Waals surface area contributed by atoms with Crippen molar-refractivity contribution in [3.8, 4) is 0 Å². The van der Waals surface area contributed by atoms with E-state index < -0.39 is 20.0 Å². The van der Waals surface area contributed by atoms with Crippen molar-refractivity contribution in [2.45, 2.75) is 78.1 Å². The molecule has 0 heterocycles. The molecular weight excluding hydrogens is 375 g/mol. The SMILES string of the molecule is CCCCCCC[O][Sn]([O]C)([O]C)[O]CCCCCCC. The zero-order chi connectivity index (χ0) is 15.8. The van der Waals surface area contributed by atoms with E-state index in [2.05, 4.69) is 13.8 Å². The first-order valence-corrected chi connectivity index (χ1v) is 13.3. The van der Waals surface area contributed by atoms with Crippen LogP contribution in [0.1, 0.15) is 78.1 Å². The van der Waals surface area contributed by atoms with Gasteiger partial charge < -0.3 is 0 Å². The Kier molecular flexibility index (Phi) is 16.0. The van der Waals surface area contributed by atoms with Crippen molar-refractivity contribution in [2.24, 2.45) is 0 Å². The van der Waals surface area contributed by atoms with Gasteiger partial charge in [0.1, 0.15) is 0 Å². The summed E-state index contributed by atoms with van der Waals surface area (Å²) < 4.78 is 22.7. The molecule has 0 aliphatic heterocycles. The molecule has 0 aromatic heterocycles. The zero-order valence-corrected chi connectivity index (χ0v) is 17.5. The summed E-state index contributed by atoms with van der Waals surface area (Å²) in [6.45, 7) is 5.83. The van der Waals surface area contributed by atoms with Gasteiger partial charge in [0.05, 0.1) is 0 Å². The zero-order valence-electron chi connectivity index (χ0n) is 14.6. The summed E-state index contributed by atoms with van der Waals surface area (Å²) in [6, 6.07) is 0. The van der Waals surface area contributed by atoms with E-state index in [1.165, 1.54) is 51.4 Å². The Morgan fingerprint density at radius 1 is 0.571 bits per heavy atom.